The van der Waals surface area contributed by atoms with Crippen LogP contribution in [0.3, 0.4) is 0 Å². The van der Waals surface area contributed by atoms with E-state index in [0.717, 1.165) is 32.5 Å². The van der Waals surface area contributed by atoms with Crippen molar-refractivity contribution in [1.82, 2.24) is 4.90 Å². The summed E-state index contributed by atoms with van der Waals surface area (Å²) in [6.07, 6.45) is 8.55. The monoisotopic (exact) mass is 267 g/mol. The molecule has 0 aromatic heterocycles. The molecule has 1 spiro atoms. The summed E-state index contributed by atoms with van der Waals surface area (Å²) >= 11 is 0. The largest absolute Gasteiger partial charge is 0.481 e. The molecule has 0 aromatic carbocycles. The summed E-state index contributed by atoms with van der Waals surface area (Å²) in [6, 6.07) is 0.684. The van der Waals surface area contributed by atoms with E-state index in [9.17, 15) is 4.79 Å². The third-order valence-corrected chi connectivity index (χ3v) is 5.33. The number of likely N-dealkylation sites (tertiary alicyclic amines) is 1. The smallest absolute Gasteiger partial charge is 0.303 e. The lowest BCUT2D eigenvalue weighted by molar-refractivity contribution is -0.147. The summed E-state index contributed by atoms with van der Waals surface area (Å²) in [5, 5.41) is 8.77. The fourth-order valence-electron chi connectivity index (χ4n) is 3.99. The third-order valence-electron chi connectivity index (χ3n) is 5.33. The highest BCUT2D eigenvalue weighted by molar-refractivity contribution is 5.66. The molecule has 19 heavy (non-hydrogen) atoms. The highest BCUT2D eigenvalue weighted by Crippen LogP contribution is 2.44. The van der Waals surface area contributed by atoms with Gasteiger partial charge in [-0.25, -0.2) is 0 Å². The van der Waals surface area contributed by atoms with Gasteiger partial charge >= 0.3 is 5.97 Å². The maximum atomic E-state index is 10.6. The lowest BCUT2D eigenvalue weighted by atomic mass is 9.73. The standard InChI is InChI=1S/C15H25NO3/c17-14(18)3-2-12-4-8-16(11-12)13-5-9-19-15(10-13)6-1-7-15/h12-13H,1-11H2,(H,17,18). The first-order chi connectivity index (χ1) is 9.17. The Morgan fingerprint density at radius 2 is 2.21 bits per heavy atom. The number of hydrogen-bond acceptors (Lipinski definition) is 3. The third kappa shape index (κ3) is 2.95. The van der Waals surface area contributed by atoms with Gasteiger partial charge in [0, 0.05) is 25.6 Å². The number of nitrogens with zero attached hydrogens (tertiary/aromatic N) is 1. The topological polar surface area (TPSA) is 49.8 Å². The first-order valence-corrected chi connectivity index (χ1v) is 7.77. The Bertz CT molecular complexity index is 340. The highest BCUT2D eigenvalue weighted by atomic mass is 16.5. The number of aliphatic carboxylic acids is 1. The van der Waals surface area contributed by atoms with Gasteiger partial charge in [0.15, 0.2) is 0 Å². The minimum Gasteiger partial charge on any atom is -0.481 e. The molecule has 0 radical (unpaired) electrons. The molecule has 2 aliphatic heterocycles. The Hall–Kier alpha value is -0.610. The van der Waals surface area contributed by atoms with E-state index >= 15 is 0 Å². The SMILES string of the molecule is O=C(O)CCC1CCN(C2CCOC3(CCC3)C2)C1. The van der Waals surface area contributed by atoms with Gasteiger partial charge in [0.25, 0.3) is 0 Å². The first-order valence-electron chi connectivity index (χ1n) is 7.77. The molecule has 2 heterocycles. The molecule has 108 valence electrons. The van der Waals surface area contributed by atoms with Crippen molar-refractivity contribution in [3.8, 4) is 0 Å². The Morgan fingerprint density at radius 1 is 1.37 bits per heavy atom. The van der Waals surface area contributed by atoms with E-state index in [1.54, 1.807) is 0 Å². The van der Waals surface area contributed by atoms with Crippen LogP contribution in [-0.2, 0) is 9.53 Å². The highest BCUT2D eigenvalue weighted by Gasteiger charge is 2.44. The van der Waals surface area contributed by atoms with Crippen LogP contribution < -0.4 is 0 Å². The molecule has 0 bridgehead atoms. The predicted octanol–water partition coefficient (Wildman–Crippen LogP) is 2.27. The summed E-state index contributed by atoms with van der Waals surface area (Å²) in [7, 11) is 0. The molecule has 3 aliphatic rings. The Morgan fingerprint density at radius 3 is 2.89 bits per heavy atom. The number of carboxylic acid groups (broad SMARTS) is 1. The molecule has 4 heteroatoms. The average Bonchev–Trinajstić information content (AvgIpc) is 2.83. The van der Waals surface area contributed by atoms with E-state index in [1.165, 1.54) is 32.1 Å². The van der Waals surface area contributed by atoms with Crippen LogP contribution >= 0.6 is 0 Å². The van der Waals surface area contributed by atoms with Gasteiger partial charge in [0.1, 0.15) is 0 Å². The summed E-state index contributed by atoms with van der Waals surface area (Å²) < 4.78 is 5.99. The van der Waals surface area contributed by atoms with Crippen molar-refractivity contribution >= 4 is 5.97 Å². The van der Waals surface area contributed by atoms with Crippen molar-refractivity contribution < 1.29 is 14.6 Å². The van der Waals surface area contributed by atoms with Crippen LogP contribution in [0.25, 0.3) is 0 Å². The molecule has 3 rings (SSSR count). The van der Waals surface area contributed by atoms with Gasteiger partial charge in [-0.15, -0.1) is 0 Å². The summed E-state index contributed by atoms with van der Waals surface area (Å²) in [6.45, 7) is 3.18. The number of carboxylic acids is 1. The van der Waals surface area contributed by atoms with E-state index in [2.05, 4.69) is 4.90 Å². The van der Waals surface area contributed by atoms with Gasteiger partial charge in [-0.1, -0.05) is 0 Å². The lowest BCUT2D eigenvalue weighted by Crippen LogP contribution is -2.51. The fraction of sp³-hybridized carbons (Fsp3) is 0.933. The van der Waals surface area contributed by atoms with Crippen molar-refractivity contribution in [3.05, 3.63) is 0 Å². The van der Waals surface area contributed by atoms with Gasteiger partial charge in [0.2, 0.25) is 0 Å². The summed E-state index contributed by atoms with van der Waals surface area (Å²) in [4.78, 5) is 13.2. The van der Waals surface area contributed by atoms with Crippen LogP contribution in [0.1, 0.15) is 51.4 Å². The Balaban J connectivity index is 1.48. The van der Waals surface area contributed by atoms with Crippen molar-refractivity contribution in [1.29, 1.82) is 0 Å². The normalized spacial score (nSPS) is 34.3. The van der Waals surface area contributed by atoms with Crippen LogP contribution in [0, 0.1) is 5.92 Å². The van der Waals surface area contributed by atoms with Gasteiger partial charge in [0.05, 0.1) is 5.60 Å². The summed E-state index contributed by atoms with van der Waals surface area (Å²) in [5.41, 5.74) is 0.224. The maximum absolute atomic E-state index is 10.6. The van der Waals surface area contributed by atoms with Crippen molar-refractivity contribution in [2.75, 3.05) is 19.7 Å². The molecule has 1 N–H and O–H groups in total. The molecule has 1 aliphatic carbocycles. The Kier molecular flexibility index (Phi) is 3.81. The average molecular weight is 267 g/mol. The quantitative estimate of drug-likeness (QED) is 0.849. The second kappa shape index (κ2) is 5.41. The predicted molar refractivity (Wildman–Crippen MR) is 72.1 cm³/mol. The maximum Gasteiger partial charge on any atom is 0.303 e. The van der Waals surface area contributed by atoms with Crippen molar-refractivity contribution in [3.63, 3.8) is 0 Å². The zero-order valence-corrected chi connectivity index (χ0v) is 11.6. The van der Waals surface area contributed by atoms with Crippen LogP contribution in [0.2, 0.25) is 0 Å². The first kappa shape index (κ1) is 13.4. The number of hydrogen-bond donors (Lipinski definition) is 1. The second-order valence-corrected chi connectivity index (χ2v) is 6.61. The van der Waals surface area contributed by atoms with E-state index in [1.807, 2.05) is 0 Å². The van der Waals surface area contributed by atoms with Crippen LogP contribution in [0.15, 0.2) is 0 Å². The molecule has 4 nitrogen and oxygen atoms in total. The molecule has 2 saturated heterocycles. The van der Waals surface area contributed by atoms with Crippen molar-refractivity contribution in [2.24, 2.45) is 5.92 Å². The van der Waals surface area contributed by atoms with Crippen molar-refractivity contribution in [2.45, 2.75) is 63.0 Å². The van der Waals surface area contributed by atoms with Crippen LogP contribution in [0.4, 0.5) is 0 Å². The molecule has 1 saturated carbocycles. The van der Waals surface area contributed by atoms with Gasteiger partial charge < -0.3 is 9.84 Å². The minimum absolute atomic E-state index is 0.224. The summed E-state index contributed by atoms with van der Waals surface area (Å²) in [5.74, 6) is -0.0609. The van der Waals surface area contributed by atoms with E-state index in [4.69, 9.17) is 9.84 Å². The van der Waals surface area contributed by atoms with E-state index < -0.39 is 5.97 Å². The molecule has 2 unspecified atom stereocenters. The van der Waals surface area contributed by atoms with E-state index in [-0.39, 0.29) is 5.60 Å². The van der Waals surface area contributed by atoms with E-state index in [0.29, 0.717) is 18.4 Å². The molecule has 3 fully saturated rings. The zero-order valence-electron chi connectivity index (χ0n) is 11.6. The lowest BCUT2D eigenvalue weighted by Gasteiger charge is -2.49. The second-order valence-electron chi connectivity index (χ2n) is 6.61. The number of carbonyl (C=O) groups is 1. The molecule has 2 atom stereocenters. The Labute approximate surface area is 115 Å². The number of ether oxygens (including phenoxy) is 1. The zero-order chi connectivity index (χ0) is 13.3. The molecular weight excluding hydrogens is 242 g/mol. The van der Waals surface area contributed by atoms with Crippen LogP contribution in [-0.4, -0.2) is 47.3 Å². The van der Waals surface area contributed by atoms with Gasteiger partial charge in [-0.3, -0.25) is 9.69 Å². The molecular formula is C15H25NO3. The van der Waals surface area contributed by atoms with Crippen LogP contribution in [0.5, 0.6) is 0 Å². The van der Waals surface area contributed by atoms with Gasteiger partial charge in [-0.05, 0) is 57.4 Å². The molecule has 0 aromatic rings. The number of rotatable bonds is 4. The fourth-order valence-corrected chi connectivity index (χ4v) is 3.99. The van der Waals surface area contributed by atoms with Gasteiger partial charge in [-0.2, -0.15) is 0 Å². The minimum atomic E-state index is -0.655. The molecule has 0 amide bonds.